The van der Waals surface area contributed by atoms with Crippen molar-refractivity contribution in [2.45, 2.75) is 71.3 Å². The van der Waals surface area contributed by atoms with Crippen LogP contribution >= 0.6 is 0 Å². The first-order valence-corrected chi connectivity index (χ1v) is 15.6. The maximum Gasteiger partial charge on any atom is 0.173 e. The Labute approximate surface area is 140 Å². The van der Waals surface area contributed by atoms with Crippen molar-refractivity contribution in [3.05, 3.63) is 12.2 Å². The van der Waals surface area contributed by atoms with Crippen LogP contribution < -0.4 is 0 Å². The zero-order valence-electron chi connectivity index (χ0n) is 15.3. The highest BCUT2D eigenvalue weighted by atomic mass is 28.4. The molecule has 0 spiro atoms. The van der Waals surface area contributed by atoms with Crippen LogP contribution in [0.2, 0.25) is 32.2 Å². The molecule has 0 aromatic rings. The third-order valence-electron chi connectivity index (χ3n) is 6.56. The standard InChI is InChI=1S/C19H36OSi2/c1-14-6-7-16(10-14)18-12-15-11-17(19(18)13-15)8-9-22(4,5)20-21(2)3/h6-7,14-19,21H,8-13H2,1-5H3. The van der Waals surface area contributed by atoms with Gasteiger partial charge in [-0.05, 0) is 93.4 Å². The van der Waals surface area contributed by atoms with E-state index < -0.39 is 17.4 Å². The molecule has 6 atom stereocenters. The van der Waals surface area contributed by atoms with Crippen LogP contribution in [0.4, 0.5) is 0 Å². The Morgan fingerprint density at radius 1 is 1.05 bits per heavy atom. The highest BCUT2D eigenvalue weighted by Gasteiger charge is 2.48. The number of rotatable bonds is 6. The number of hydrogen-bond acceptors (Lipinski definition) is 1. The monoisotopic (exact) mass is 336 g/mol. The average Bonchev–Trinajstić information content (AvgIpc) is 3.09. The van der Waals surface area contributed by atoms with Crippen LogP contribution in [0.5, 0.6) is 0 Å². The van der Waals surface area contributed by atoms with Crippen LogP contribution in [0, 0.1) is 35.5 Å². The first kappa shape index (κ1) is 17.0. The van der Waals surface area contributed by atoms with Crippen molar-refractivity contribution in [1.82, 2.24) is 0 Å². The Bertz CT molecular complexity index is 418. The Morgan fingerprint density at radius 3 is 2.36 bits per heavy atom. The third-order valence-corrected chi connectivity index (χ3v) is 12.5. The van der Waals surface area contributed by atoms with Gasteiger partial charge in [0.25, 0.3) is 0 Å². The summed E-state index contributed by atoms with van der Waals surface area (Å²) in [4.78, 5) is 0. The Kier molecular flexibility index (Phi) is 5.06. The maximum absolute atomic E-state index is 6.38. The summed E-state index contributed by atoms with van der Waals surface area (Å²) < 4.78 is 6.38. The molecule has 0 N–H and O–H groups in total. The van der Waals surface area contributed by atoms with Crippen LogP contribution in [0.15, 0.2) is 12.2 Å². The minimum atomic E-state index is -1.38. The lowest BCUT2D eigenvalue weighted by atomic mass is 9.73. The predicted octanol–water partition coefficient (Wildman–Crippen LogP) is 5.46. The second-order valence-corrected chi connectivity index (χ2v) is 16.4. The normalized spacial score (nSPS) is 41.0. The average molecular weight is 337 g/mol. The highest BCUT2D eigenvalue weighted by Crippen LogP contribution is 2.57. The first-order valence-electron chi connectivity index (χ1n) is 9.70. The molecule has 0 aromatic carbocycles. The van der Waals surface area contributed by atoms with Crippen molar-refractivity contribution in [1.29, 1.82) is 0 Å². The first-order chi connectivity index (χ1) is 10.3. The second-order valence-electron chi connectivity index (χ2n) is 9.39. The molecule has 2 fully saturated rings. The Hall–Kier alpha value is 0.134. The van der Waals surface area contributed by atoms with Crippen molar-refractivity contribution >= 4 is 17.4 Å². The van der Waals surface area contributed by atoms with Gasteiger partial charge in [0.05, 0.1) is 0 Å². The van der Waals surface area contributed by atoms with Crippen LogP contribution in [-0.4, -0.2) is 17.4 Å². The lowest BCUT2D eigenvalue weighted by Gasteiger charge is -2.35. The minimum absolute atomic E-state index is 0.832. The summed E-state index contributed by atoms with van der Waals surface area (Å²) in [5.74, 6) is 5.91. The van der Waals surface area contributed by atoms with E-state index in [1.54, 1.807) is 12.8 Å². The summed E-state index contributed by atoms with van der Waals surface area (Å²) in [6, 6.07) is 1.40. The van der Waals surface area contributed by atoms with Gasteiger partial charge in [-0.2, -0.15) is 0 Å². The SMILES string of the molecule is CC1C=CC(C2CC3CC(CC[Si](C)(C)O[SiH](C)C)C2C3)C1. The summed E-state index contributed by atoms with van der Waals surface area (Å²) in [5, 5.41) is 0. The number of allylic oxidation sites excluding steroid dienone is 2. The van der Waals surface area contributed by atoms with Crippen molar-refractivity contribution < 1.29 is 4.12 Å². The topological polar surface area (TPSA) is 9.23 Å². The molecule has 0 aromatic heterocycles. The van der Waals surface area contributed by atoms with Crippen LogP contribution in [0.3, 0.4) is 0 Å². The van der Waals surface area contributed by atoms with Gasteiger partial charge in [-0.1, -0.05) is 25.5 Å². The molecule has 0 aliphatic heterocycles. The van der Waals surface area contributed by atoms with Crippen LogP contribution in [0.25, 0.3) is 0 Å². The molecular weight excluding hydrogens is 300 g/mol. The summed E-state index contributed by atoms with van der Waals surface area (Å²) in [6.07, 6.45) is 12.6. The van der Waals surface area contributed by atoms with Gasteiger partial charge in [-0.3, -0.25) is 0 Å². The van der Waals surface area contributed by atoms with Crippen LogP contribution in [-0.2, 0) is 4.12 Å². The fraction of sp³-hybridized carbons (Fsp3) is 0.895. The summed E-state index contributed by atoms with van der Waals surface area (Å²) in [5.41, 5.74) is 0. The lowest BCUT2D eigenvalue weighted by molar-refractivity contribution is 0.182. The maximum atomic E-state index is 6.38. The fourth-order valence-corrected chi connectivity index (χ4v) is 12.5. The van der Waals surface area contributed by atoms with Crippen molar-refractivity contribution in [2.75, 3.05) is 0 Å². The summed E-state index contributed by atoms with van der Waals surface area (Å²) in [7, 11) is -2.24. The molecule has 22 heavy (non-hydrogen) atoms. The largest absolute Gasteiger partial charge is 0.458 e. The molecule has 3 heteroatoms. The van der Waals surface area contributed by atoms with Crippen molar-refractivity contribution in [3.8, 4) is 0 Å². The van der Waals surface area contributed by atoms with Crippen LogP contribution in [0.1, 0.15) is 39.0 Å². The van der Waals surface area contributed by atoms with E-state index in [0.29, 0.717) is 0 Å². The molecule has 2 saturated carbocycles. The van der Waals surface area contributed by atoms with E-state index in [-0.39, 0.29) is 0 Å². The van der Waals surface area contributed by atoms with E-state index in [1.165, 1.54) is 25.3 Å². The van der Waals surface area contributed by atoms with E-state index in [0.717, 1.165) is 35.5 Å². The molecule has 0 heterocycles. The molecule has 0 radical (unpaired) electrons. The number of hydrogen-bond donors (Lipinski definition) is 0. The van der Waals surface area contributed by atoms with Gasteiger partial charge in [0.2, 0.25) is 0 Å². The molecule has 1 nitrogen and oxygen atoms in total. The van der Waals surface area contributed by atoms with E-state index in [4.69, 9.17) is 4.12 Å². The predicted molar refractivity (Wildman–Crippen MR) is 101 cm³/mol. The highest BCUT2D eigenvalue weighted by molar-refractivity contribution is 6.77. The molecule has 126 valence electrons. The zero-order chi connectivity index (χ0) is 15.9. The number of fused-ring (bicyclic) bond motifs is 2. The molecule has 3 aliphatic carbocycles. The van der Waals surface area contributed by atoms with E-state index in [2.05, 4.69) is 45.3 Å². The zero-order valence-corrected chi connectivity index (χ0v) is 17.5. The third kappa shape index (κ3) is 3.78. The second kappa shape index (κ2) is 6.56. The Balaban J connectivity index is 1.54. The van der Waals surface area contributed by atoms with Gasteiger partial charge in [0.15, 0.2) is 17.4 Å². The van der Waals surface area contributed by atoms with Gasteiger partial charge < -0.3 is 4.12 Å². The minimum Gasteiger partial charge on any atom is -0.458 e. The quantitative estimate of drug-likeness (QED) is 0.462. The smallest absolute Gasteiger partial charge is 0.173 e. The van der Waals surface area contributed by atoms with E-state index in [1.807, 2.05) is 0 Å². The molecular formula is C19H36OSi2. The van der Waals surface area contributed by atoms with E-state index in [9.17, 15) is 0 Å². The summed E-state index contributed by atoms with van der Waals surface area (Å²) in [6.45, 7) is 12.0. The summed E-state index contributed by atoms with van der Waals surface area (Å²) >= 11 is 0. The van der Waals surface area contributed by atoms with Gasteiger partial charge in [0.1, 0.15) is 0 Å². The fourth-order valence-electron chi connectivity index (χ4n) is 5.84. The van der Waals surface area contributed by atoms with Gasteiger partial charge in [-0.15, -0.1) is 0 Å². The molecule has 0 amide bonds. The molecule has 0 saturated heterocycles. The van der Waals surface area contributed by atoms with Gasteiger partial charge >= 0.3 is 0 Å². The molecule has 3 aliphatic rings. The van der Waals surface area contributed by atoms with Crippen molar-refractivity contribution in [2.24, 2.45) is 35.5 Å². The van der Waals surface area contributed by atoms with Gasteiger partial charge in [0, 0.05) is 0 Å². The van der Waals surface area contributed by atoms with Gasteiger partial charge in [-0.25, -0.2) is 0 Å². The molecule has 6 unspecified atom stereocenters. The Morgan fingerprint density at radius 2 is 1.77 bits per heavy atom. The lowest BCUT2D eigenvalue weighted by Crippen LogP contribution is -2.36. The molecule has 2 bridgehead atoms. The van der Waals surface area contributed by atoms with E-state index >= 15 is 0 Å². The van der Waals surface area contributed by atoms with Crippen molar-refractivity contribution in [3.63, 3.8) is 0 Å². The molecule has 3 rings (SSSR count).